The fourth-order valence-electron chi connectivity index (χ4n) is 1.43. The largest absolute Gasteiger partial charge is 0.508 e. The molecule has 2 aromatic carbocycles. The Morgan fingerprint density at radius 2 is 1.56 bits per heavy atom. The highest BCUT2D eigenvalue weighted by molar-refractivity contribution is 5.66. The van der Waals surface area contributed by atoms with Crippen molar-refractivity contribution in [3.8, 4) is 22.6 Å². The first-order valence-corrected chi connectivity index (χ1v) is 4.55. The van der Waals surface area contributed by atoms with E-state index >= 15 is 0 Å². The number of rotatable bonds is 1. The molecule has 0 fully saturated rings. The molecule has 0 saturated heterocycles. The van der Waals surface area contributed by atoms with Gasteiger partial charge in [0.15, 0.2) is 11.6 Å². The normalized spacial score (nSPS) is 10.4. The van der Waals surface area contributed by atoms with E-state index in [2.05, 4.69) is 0 Å². The molecule has 0 heterocycles. The molecule has 82 valence electrons. The predicted octanol–water partition coefficient (Wildman–Crippen LogP) is 3.04. The molecule has 2 N–H and O–H groups in total. The van der Waals surface area contributed by atoms with E-state index in [1.54, 1.807) is 0 Å². The molecule has 0 amide bonds. The average molecular weight is 222 g/mol. The molecular weight excluding hydrogens is 214 g/mol. The molecule has 0 aromatic heterocycles. The second-order valence-electron chi connectivity index (χ2n) is 3.36. The Kier molecular flexibility index (Phi) is 2.48. The zero-order valence-corrected chi connectivity index (χ0v) is 8.11. The van der Waals surface area contributed by atoms with Gasteiger partial charge in [-0.3, -0.25) is 0 Å². The molecule has 0 radical (unpaired) electrons. The molecule has 2 rings (SSSR count). The third-order valence-corrected chi connectivity index (χ3v) is 2.16. The third kappa shape index (κ3) is 1.95. The summed E-state index contributed by atoms with van der Waals surface area (Å²) in [4.78, 5) is 0. The lowest BCUT2D eigenvalue weighted by Gasteiger charge is -2.04. The van der Waals surface area contributed by atoms with E-state index in [-0.39, 0.29) is 5.75 Å². The fourth-order valence-corrected chi connectivity index (χ4v) is 1.43. The zero-order valence-electron chi connectivity index (χ0n) is 8.11. The molecular formula is C12H8F2O2. The molecule has 0 bridgehead atoms. The van der Waals surface area contributed by atoms with Crippen LogP contribution < -0.4 is 0 Å². The highest BCUT2D eigenvalue weighted by atomic mass is 19.1. The van der Waals surface area contributed by atoms with E-state index in [9.17, 15) is 13.9 Å². The highest BCUT2D eigenvalue weighted by Gasteiger charge is 2.06. The minimum atomic E-state index is -0.791. The third-order valence-electron chi connectivity index (χ3n) is 2.16. The number of halogens is 2. The second-order valence-corrected chi connectivity index (χ2v) is 3.36. The monoisotopic (exact) mass is 222 g/mol. The number of aromatic hydroxyl groups is 2. The summed E-state index contributed by atoms with van der Waals surface area (Å²) in [5.41, 5.74) is 0.724. The predicted molar refractivity (Wildman–Crippen MR) is 55.1 cm³/mol. The van der Waals surface area contributed by atoms with Crippen molar-refractivity contribution in [3.63, 3.8) is 0 Å². The molecule has 2 aromatic rings. The molecule has 4 heteroatoms. The van der Waals surface area contributed by atoms with Crippen molar-refractivity contribution in [3.05, 3.63) is 48.0 Å². The first kappa shape index (κ1) is 10.4. The van der Waals surface area contributed by atoms with Gasteiger partial charge in [0, 0.05) is 6.07 Å². The van der Waals surface area contributed by atoms with Crippen LogP contribution in [0.1, 0.15) is 0 Å². The van der Waals surface area contributed by atoms with Crippen molar-refractivity contribution in [1.29, 1.82) is 0 Å². The summed E-state index contributed by atoms with van der Waals surface area (Å²) in [5, 5.41) is 18.2. The summed E-state index contributed by atoms with van der Waals surface area (Å²) in [7, 11) is 0. The van der Waals surface area contributed by atoms with E-state index in [1.807, 2.05) is 0 Å². The molecule has 16 heavy (non-hydrogen) atoms. The lowest BCUT2D eigenvalue weighted by Crippen LogP contribution is -1.83. The van der Waals surface area contributed by atoms with Crippen LogP contribution >= 0.6 is 0 Å². The van der Waals surface area contributed by atoms with E-state index < -0.39 is 17.4 Å². The van der Waals surface area contributed by atoms with Gasteiger partial charge in [-0.15, -0.1) is 0 Å². The number of hydrogen-bond acceptors (Lipinski definition) is 2. The highest BCUT2D eigenvalue weighted by Crippen LogP contribution is 2.27. The van der Waals surface area contributed by atoms with Gasteiger partial charge in [0.2, 0.25) is 0 Å². The first-order valence-electron chi connectivity index (χ1n) is 4.55. The van der Waals surface area contributed by atoms with Gasteiger partial charge in [-0.1, -0.05) is 6.07 Å². The molecule has 0 spiro atoms. The average Bonchev–Trinajstić information content (AvgIpc) is 2.20. The Labute approximate surface area is 90.4 Å². The Morgan fingerprint density at radius 3 is 2.19 bits per heavy atom. The lowest BCUT2D eigenvalue weighted by molar-refractivity contribution is 0.432. The van der Waals surface area contributed by atoms with Gasteiger partial charge >= 0.3 is 0 Å². The van der Waals surface area contributed by atoms with Crippen molar-refractivity contribution in [1.82, 2.24) is 0 Å². The molecule has 0 aliphatic carbocycles. The maximum atomic E-state index is 13.1. The summed E-state index contributed by atoms with van der Waals surface area (Å²) >= 11 is 0. The van der Waals surface area contributed by atoms with Crippen molar-refractivity contribution in [2.24, 2.45) is 0 Å². The zero-order chi connectivity index (χ0) is 11.7. The molecule has 0 atom stereocenters. The van der Waals surface area contributed by atoms with Crippen LogP contribution in [0.5, 0.6) is 11.5 Å². The van der Waals surface area contributed by atoms with Gasteiger partial charge in [-0.05, 0) is 35.4 Å². The number of hydrogen-bond donors (Lipinski definition) is 2. The summed E-state index contributed by atoms with van der Waals surface area (Å²) in [6.07, 6.45) is 0. The van der Waals surface area contributed by atoms with Crippen molar-refractivity contribution >= 4 is 0 Å². The van der Waals surface area contributed by atoms with Gasteiger partial charge in [0.25, 0.3) is 0 Å². The van der Waals surface area contributed by atoms with Crippen molar-refractivity contribution < 1.29 is 19.0 Å². The fraction of sp³-hybridized carbons (Fsp3) is 0. The van der Waals surface area contributed by atoms with Gasteiger partial charge < -0.3 is 10.2 Å². The molecule has 0 aliphatic rings. The van der Waals surface area contributed by atoms with Crippen LogP contribution in [0.4, 0.5) is 8.78 Å². The van der Waals surface area contributed by atoms with Gasteiger partial charge in [0.1, 0.15) is 11.6 Å². The summed E-state index contributed by atoms with van der Waals surface area (Å²) in [5.74, 6) is -2.10. The van der Waals surface area contributed by atoms with E-state index in [0.29, 0.717) is 11.1 Å². The van der Waals surface area contributed by atoms with Crippen LogP contribution in [0.25, 0.3) is 11.1 Å². The minimum absolute atomic E-state index is 0.233. The van der Waals surface area contributed by atoms with Crippen LogP contribution in [-0.2, 0) is 0 Å². The van der Waals surface area contributed by atoms with Crippen LogP contribution in [0.2, 0.25) is 0 Å². The Balaban J connectivity index is 2.54. The Morgan fingerprint density at radius 1 is 0.812 bits per heavy atom. The van der Waals surface area contributed by atoms with Crippen LogP contribution in [0, 0.1) is 11.6 Å². The summed E-state index contributed by atoms with van der Waals surface area (Å²) in [6, 6.07) is 7.13. The van der Waals surface area contributed by atoms with Gasteiger partial charge in [-0.25, -0.2) is 8.78 Å². The maximum Gasteiger partial charge on any atom is 0.165 e. The van der Waals surface area contributed by atoms with E-state index in [0.717, 1.165) is 12.1 Å². The Bertz CT molecular complexity index is 518. The Hall–Kier alpha value is -2.10. The minimum Gasteiger partial charge on any atom is -0.508 e. The molecule has 2 nitrogen and oxygen atoms in total. The topological polar surface area (TPSA) is 40.5 Å². The lowest BCUT2D eigenvalue weighted by atomic mass is 10.0. The molecule has 0 saturated carbocycles. The van der Waals surface area contributed by atoms with Crippen LogP contribution in [0.15, 0.2) is 36.4 Å². The maximum absolute atomic E-state index is 13.1. The number of benzene rings is 2. The standard InChI is InChI=1S/C12H8F2O2/c13-9-3-8(4-10(15)6-9)7-1-2-12(16)11(14)5-7/h1-6,15-16H. The van der Waals surface area contributed by atoms with Crippen LogP contribution in [0.3, 0.4) is 0 Å². The number of phenols is 2. The van der Waals surface area contributed by atoms with Crippen molar-refractivity contribution in [2.45, 2.75) is 0 Å². The van der Waals surface area contributed by atoms with Gasteiger partial charge in [-0.2, -0.15) is 0 Å². The smallest absolute Gasteiger partial charge is 0.165 e. The van der Waals surface area contributed by atoms with E-state index in [1.165, 1.54) is 24.3 Å². The number of phenolic OH excluding ortho intramolecular Hbond substituents is 2. The van der Waals surface area contributed by atoms with Gasteiger partial charge in [0.05, 0.1) is 0 Å². The summed E-state index contributed by atoms with van der Waals surface area (Å²) < 4.78 is 26.1. The second kappa shape index (κ2) is 3.81. The van der Waals surface area contributed by atoms with Crippen LogP contribution in [-0.4, -0.2) is 10.2 Å². The summed E-state index contributed by atoms with van der Waals surface area (Å²) in [6.45, 7) is 0. The van der Waals surface area contributed by atoms with Crippen molar-refractivity contribution in [2.75, 3.05) is 0 Å². The molecule has 0 unspecified atom stereocenters. The quantitative estimate of drug-likeness (QED) is 0.778. The molecule has 0 aliphatic heterocycles. The first-order chi connectivity index (χ1) is 7.56. The van der Waals surface area contributed by atoms with E-state index in [4.69, 9.17) is 5.11 Å². The SMILES string of the molecule is Oc1cc(F)cc(-c2ccc(O)c(F)c2)c1.